The molecule has 0 aliphatic heterocycles. The van der Waals surface area contributed by atoms with Gasteiger partial charge >= 0.3 is 0 Å². The van der Waals surface area contributed by atoms with Crippen LogP contribution in [0.25, 0.3) is 0 Å². The van der Waals surface area contributed by atoms with Gasteiger partial charge in [0.05, 0.1) is 0 Å². The molecule has 0 saturated heterocycles. The molecule has 0 saturated carbocycles. The van der Waals surface area contributed by atoms with E-state index in [2.05, 4.69) is 15.4 Å². The molecule has 1 aromatic heterocycles. The van der Waals surface area contributed by atoms with Gasteiger partial charge in [-0.1, -0.05) is 23.2 Å². The number of hydrogen-bond donors (Lipinski definition) is 0. The summed E-state index contributed by atoms with van der Waals surface area (Å²) in [6.45, 7) is 0. The van der Waals surface area contributed by atoms with Crippen molar-refractivity contribution < 1.29 is 4.79 Å². The fraction of sp³-hybridized carbons (Fsp3) is 0. The Hall–Kier alpha value is -0.740. The zero-order valence-corrected chi connectivity index (χ0v) is 6.10. The van der Waals surface area contributed by atoms with Gasteiger partial charge in [-0.2, -0.15) is 0 Å². The first-order valence-electron chi connectivity index (χ1n) is 2.25. The average molecular weight is 178 g/mol. The Labute approximate surface area is 66.2 Å². The molecule has 0 aliphatic rings. The van der Waals surface area contributed by atoms with Gasteiger partial charge in [-0.3, -0.25) is 4.79 Å². The Bertz CT molecular complexity index is 265. The monoisotopic (exact) mass is 177 g/mol. The van der Waals surface area contributed by atoms with Crippen molar-refractivity contribution in [3.63, 3.8) is 0 Å². The van der Waals surface area contributed by atoms with Crippen molar-refractivity contribution in [2.24, 2.45) is 0 Å². The molecule has 6 heteroatoms. The average Bonchev–Trinajstić information content (AvgIpc) is 1.95. The van der Waals surface area contributed by atoms with E-state index in [9.17, 15) is 4.79 Å². The van der Waals surface area contributed by atoms with Crippen LogP contribution in [0.4, 0.5) is 0 Å². The fourth-order valence-corrected chi connectivity index (χ4v) is 0.629. The van der Waals surface area contributed by atoms with Gasteiger partial charge in [0.2, 0.25) is 0 Å². The maximum Gasteiger partial charge on any atom is 0.174 e. The summed E-state index contributed by atoms with van der Waals surface area (Å²) in [4.78, 5) is 10.1. The molecule has 0 atom stereocenters. The van der Waals surface area contributed by atoms with Crippen LogP contribution < -0.4 is 0 Å². The maximum atomic E-state index is 10.1. The fourth-order valence-electron chi connectivity index (χ4n) is 0.379. The number of hydrogen-bond acceptors (Lipinski definition) is 4. The SMILES string of the molecule is O=Cc1nnnc(Cl)c1Cl. The summed E-state index contributed by atoms with van der Waals surface area (Å²) in [5.41, 5.74) is 0.00154. The van der Waals surface area contributed by atoms with Crippen molar-refractivity contribution >= 4 is 29.5 Å². The maximum absolute atomic E-state index is 10.1. The molecule has 0 N–H and O–H groups in total. The topological polar surface area (TPSA) is 55.7 Å². The zero-order chi connectivity index (χ0) is 7.56. The number of carbonyl (C=O) groups excluding carboxylic acids is 1. The summed E-state index contributed by atoms with van der Waals surface area (Å²) < 4.78 is 0. The summed E-state index contributed by atoms with van der Waals surface area (Å²) in [5, 5.41) is 9.80. The second-order valence-electron chi connectivity index (χ2n) is 1.40. The number of aldehydes is 1. The van der Waals surface area contributed by atoms with Gasteiger partial charge in [-0.15, -0.1) is 10.2 Å². The smallest absolute Gasteiger partial charge is 0.174 e. The quantitative estimate of drug-likeness (QED) is 0.601. The van der Waals surface area contributed by atoms with E-state index in [4.69, 9.17) is 23.2 Å². The van der Waals surface area contributed by atoms with Crippen LogP contribution in [0.15, 0.2) is 0 Å². The van der Waals surface area contributed by atoms with Crippen molar-refractivity contribution in [2.45, 2.75) is 0 Å². The molecule has 0 aromatic carbocycles. The highest BCUT2D eigenvalue weighted by atomic mass is 35.5. The number of nitrogens with zero attached hydrogens (tertiary/aromatic N) is 3. The predicted octanol–water partition coefficient (Wildman–Crippen LogP) is 0.991. The van der Waals surface area contributed by atoms with E-state index in [-0.39, 0.29) is 15.9 Å². The van der Waals surface area contributed by atoms with Crippen LogP contribution in [0.1, 0.15) is 10.5 Å². The van der Waals surface area contributed by atoms with Crippen LogP contribution in [0.2, 0.25) is 10.2 Å². The molecule has 52 valence electrons. The highest BCUT2D eigenvalue weighted by Crippen LogP contribution is 2.18. The summed E-state index contributed by atoms with van der Waals surface area (Å²) in [6, 6.07) is 0. The largest absolute Gasteiger partial charge is 0.296 e. The third-order valence-corrected chi connectivity index (χ3v) is 1.54. The van der Waals surface area contributed by atoms with Gasteiger partial charge in [0.15, 0.2) is 11.4 Å². The van der Waals surface area contributed by atoms with E-state index in [0.29, 0.717) is 6.29 Å². The Balaban J connectivity index is 3.27. The molecular weight excluding hydrogens is 177 g/mol. The van der Waals surface area contributed by atoms with Gasteiger partial charge in [0, 0.05) is 0 Å². The molecule has 0 radical (unpaired) electrons. The Morgan fingerprint density at radius 3 is 2.50 bits per heavy atom. The lowest BCUT2D eigenvalue weighted by Crippen LogP contribution is -1.95. The van der Waals surface area contributed by atoms with E-state index in [1.165, 1.54) is 0 Å². The summed E-state index contributed by atoms with van der Waals surface area (Å²) in [6.07, 6.45) is 0.461. The van der Waals surface area contributed by atoms with Crippen molar-refractivity contribution in [2.75, 3.05) is 0 Å². The van der Waals surface area contributed by atoms with Crippen LogP contribution in [-0.2, 0) is 0 Å². The molecule has 1 aromatic rings. The first kappa shape index (κ1) is 7.37. The first-order chi connectivity index (χ1) is 4.75. The number of rotatable bonds is 1. The Morgan fingerprint density at radius 2 is 2.00 bits per heavy atom. The zero-order valence-electron chi connectivity index (χ0n) is 4.58. The van der Waals surface area contributed by atoms with E-state index in [1.807, 2.05) is 0 Å². The standard InChI is InChI=1S/C4HCl2N3O/c5-3-2(1-10)7-9-8-4(3)6/h1H. The Morgan fingerprint density at radius 1 is 1.30 bits per heavy atom. The van der Waals surface area contributed by atoms with Crippen molar-refractivity contribution in [1.29, 1.82) is 0 Å². The number of aromatic nitrogens is 3. The minimum absolute atomic E-state index is 0.00154. The van der Waals surface area contributed by atoms with E-state index in [1.54, 1.807) is 0 Å². The van der Waals surface area contributed by atoms with Crippen molar-refractivity contribution in [3.8, 4) is 0 Å². The van der Waals surface area contributed by atoms with Crippen LogP contribution in [0.3, 0.4) is 0 Å². The van der Waals surface area contributed by atoms with E-state index >= 15 is 0 Å². The summed E-state index contributed by atoms with van der Waals surface area (Å²) >= 11 is 10.9. The van der Waals surface area contributed by atoms with Crippen molar-refractivity contribution in [1.82, 2.24) is 15.4 Å². The molecule has 10 heavy (non-hydrogen) atoms. The van der Waals surface area contributed by atoms with E-state index < -0.39 is 0 Å². The third kappa shape index (κ3) is 1.22. The second kappa shape index (κ2) is 2.90. The number of carbonyl (C=O) groups is 1. The molecule has 0 spiro atoms. The normalized spacial score (nSPS) is 9.40. The van der Waals surface area contributed by atoms with Crippen LogP contribution in [0, 0.1) is 0 Å². The minimum Gasteiger partial charge on any atom is -0.296 e. The molecule has 4 nitrogen and oxygen atoms in total. The van der Waals surface area contributed by atoms with Gasteiger partial charge in [0.1, 0.15) is 10.7 Å². The Kier molecular flexibility index (Phi) is 2.13. The first-order valence-corrected chi connectivity index (χ1v) is 3.01. The van der Waals surface area contributed by atoms with Gasteiger partial charge in [-0.25, -0.2) is 0 Å². The third-order valence-electron chi connectivity index (χ3n) is 0.803. The lowest BCUT2D eigenvalue weighted by Gasteiger charge is -1.91. The molecule has 0 bridgehead atoms. The number of halogens is 2. The van der Waals surface area contributed by atoms with Crippen LogP contribution in [-0.4, -0.2) is 21.7 Å². The van der Waals surface area contributed by atoms with Gasteiger partial charge in [0.25, 0.3) is 0 Å². The lowest BCUT2D eigenvalue weighted by atomic mass is 10.5. The van der Waals surface area contributed by atoms with Gasteiger partial charge < -0.3 is 0 Å². The summed E-state index contributed by atoms with van der Waals surface area (Å²) in [5.74, 6) is 0. The highest BCUT2D eigenvalue weighted by Gasteiger charge is 2.05. The second-order valence-corrected chi connectivity index (χ2v) is 2.13. The molecule has 0 aliphatic carbocycles. The molecule has 1 heterocycles. The van der Waals surface area contributed by atoms with E-state index in [0.717, 1.165) is 0 Å². The van der Waals surface area contributed by atoms with Gasteiger partial charge in [-0.05, 0) is 5.21 Å². The predicted molar refractivity (Wildman–Crippen MR) is 35.2 cm³/mol. The van der Waals surface area contributed by atoms with Crippen LogP contribution >= 0.6 is 23.2 Å². The highest BCUT2D eigenvalue weighted by molar-refractivity contribution is 6.42. The van der Waals surface area contributed by atoms with Crippen molar-refractivity contribution in [3.05, 3.63) is 15.9 Å². The molecule has 0 fully saturated rings. The molecule has 1 rings (SSSR count). The molecular formula is C4HCl2N3O. The lowest BCUT2D eigenvalue weighted by molar-refractivity contribution is 0.111. The molecule has 0 amide bonds. The van der Waals surface area contributed by atoms with Crippen LogP contribution in [0.5, 0.6) is 0 Å². The minimum atomic E-state index is -0.0150. The summed E-state index contributed by atoms with van der Waals surface area (Å²) in [7, 11) is 0. The molecule has 0 unspecified atom stereocenters.